The molecule has 1 heterocycles. The number of aromatic nitrogens is 2. The first-order chi connectivity index (χ1) is 6.83. The Morgan fingerprint density at radius 3 is 3.14 bits per heavy atom. The van der Waals surface area contributed by atoms with Crippen LogP contribution in [0.25, 0.3) is 0 Å². The van der Waals surface area contributed by atoms with Gasteiger partial charge in [-0.05, 0) is 6.92 Å². The molecule has 0 aliphatic rings. The van der Waals surface area contributed by atoms with E-state index in [1.807, 2.05) is 0 Å². The van der Waals surface area contributed by atoms with E-state index in [1.165, 1.54) is 12.4 Å². The summed E-state index contributed by atoms with van der Waals surface area (Å²) in [6, 6.07) is 1.51. The summed E-state index contributed by atoms with van der Waals surface area (Å²) in [5.41, 5.74) is 0. The van der Waals surface area contributed by atoms with E-state index in [4.69, 9.17) is 9.47 Å². The Hall–Kier alpha value is -1.65. The number of esters is 1. The SMILES string of the molecule is CCOC(=O)CCOc1c[c]ncn1. The van der Waals surface area contributed by atoms with Crippen LogP contribution in [0.15, 0.2) is 12.4 Å². The highest BCUT2D eigenvalue weighted by Crippen LogP contribution is 2.01. The molecule has 0 atom stereocenters. The number of nitrogens with zero attached hydrogens (tertiary/aromatic N) is 2. The highest BCUT2D eigenvalue weighted by Gasteiger charge is 2.01. The van der Waals surface area contributed by atoms with E-state index in [9.17, 15) is 4.79 Å². The van der Waals surface area contributed by atoms with Gasteiger partial charge in [-0.15, -0.1) is 0 Å². The highest BCUT2D eigenvalue weighted by atomic mass is 16.5. The van der Waals surface area contributed by atoms with Crippen molar-refractivity contribution in [3.63, 3.8) is 0 Å². The van der Waals surface area contributed by atoms with E-state index in [-0.39, 0.29) is 19.0 Å². The van der Waals surface area contributed by atoms with Crippen LogP contribution in [0, 0.1) is 6.20 Å². The van der Waals surface area contributed by atoms with E-state index in [0.29, 0.717) is 12.5 Å². The maximum Gasteiger partial charge on any atom is 0.309 e. The average molecular weight is 195 g/mol. The Morgan fingerprint density at radius 1 is 1.64 bits per heavy atom. The maximum absolute atomic E-state index is 10.9. The van der Waals surface area contributed by atoms with Gasteiger partial charge in [-0.1, -0.05) is 0 Å². The largest absolute Gasteiger partial charge is 0.477 e. The van der Waals surface area contributed by atoms with Gasteiger partial charge in [-0.2, -0.15) is 0 Å². The quantitative estimate of drug-likeness (QED) is 0.644. The predicted molar refractivity (Wildman–Crippen MR) is 47.6 cm³/mol. The molecule has 0 N–H and O–H groups in total. The number of carbonyl (C=O) groups excluding carboxylic acids is 1. The van der Waals surface area contributed by atoms with E-state index in [1.54, 1.807) is 6.92 Å². The van der Waals surface area contributed by atoms with Crippen LogP contribution in [0.2, 0.25) is 0 Å². The molecule has 0 amide bonds. The van der Waals surface area contributed by atoms with Crippen molar-refractivity contribution in [1.82, 2.24) is 9.97 Å². The number of hydrogen-bond acceptors (Lipinski definition) is 5. The van der Waals surface area contributed by atoms with Gasteiger partial charge < -0.3 is 9.47 Å². The zero-order valence-corrected chi connectivity index (χ0v) is 7.90. The summed E-state index contributed by atoms with van der Waals surface area (Å²) in [4.78, 5) is 18.3. The average Bonchev–Trinajstić information content (AvgIpc) is 2.20. The smallest absolute Gasteiger partial charge is 0.309 e. The van der Waals surface area contributed by atoms with Gasteiger partial charge in [0.1, 0.15) is 12.9 Å². The van der Waals surface area contributed by atoms with E-state index < -0.39 is 0 Å². The molecule has 75 valence electrons. The van der Waals surface area contributed by atoms with E-state index in [0.717, 1.165) is 0 Å². The van der Waals surface area contributed by atoms with Crippen molar-refractivity contribution in [3.05, 3.63) is 18.6 Å². The van der Waals surface area contributed by atoms with Crippen molar-refractivity contribution in [2.75, 3.05) is 13.2 Å². The van der Waals surface area contributed by atoms with E-state index >= 15 is 0 Å². The van der Waals surface area contributed by atoms with Crippen LogP contribution in [-0.4, -0.2) is 29.2 Å². The summed E-state index contributed by atoms with van der Waals surface area (Å²) in [6.45, 7) is 2.40. The fourth-order valence-electron chi connectivity index (χ4n) is 0.800. The molecule has 0 spiro atoms. The molecule has 1 aromatic heterocycles. The van der Waals surface area contributed by atoms with Gasteiger partial charge in [0.05, 0.1) is 19.2 Å². The van der Waals surface area contributed by atoms with Crippen LogP contribution in [-0.2, 0) is 9.53 Å². The van der Waals surface area contributed by atoms with Crippen molar-refractivity contribution in [1.29, 1.82) is 0 Å². The molecule has 0 aliphatic carbocycles. The molecule has 0 fully saturated rings. The van der Waals surface area contributed by atoms with Crippen LogP contribution in [0.3, 0.4) is 0 Å². The van der Waals surface area contributed by atoms with Gasteiger partial charge in [-0.25, -0.2) is 9.97 Å². The third-order valence-electron chi connectivity index (χ3n) is 1.37. The Kier molecular flexibility index (Phi) is 4.40. The zero-order valence-electron chi connectivity index (χ0n) is 7.90. The third-order valence-corrected chi connectivity index (χ3v) is 1.37. The fourth-order valence-corrected chi connectivity index (χ4v) is 0.800. The van der Waals surface area contributed by atoms with Gasteiger partial charge in [0.2, 0.25) is 5.88 Å². The Balaban J connectivity index is 2.19. The van der Waals surface area contributed by atoms with Gasteiger partial charge >= 0.3 is 5.97 Å². The number of ether oxygens (including phenoxy) is 2. The Bertz CT molecular complexity index is 277. The lowest BCUT2D eigenvalue weighted by molar-refractivity contribution is -0.143. The molecule has 0 bridgehead atoms. The van der Waals surface area contributed by atoms with Crippen molar-refractivity contribution in [3.8, 4) is 5.88 Å². The molecule has 0 saturated heterocycles. The first-order valence-corrected chi connectivity index (χ1v) is 4.29. The first kappa shape index (κ1) is 10.4. The van der Waals surface area contributed by atoms with Gasteiger partial charge in [0.15, 0.2) is 0 Å². The minimum Gasteiger partial charge on any atom is -0.477 e. The molecular formula is C9H11N2O3. The third kappa shape index (κ3) is 3.84. The van der Waals surface area contributed by atoms with Gasteiger partial charge in [0.25, 0.3) is 0 Å². The van der Waals surface area contributed by atoms with Crippen LogP contribution >= 0.6 is 0 Å². The Labute approximate surface area is 82.1 Å². The molecule has 1 rings (SSSR count). The van der Waals surface area contributed by atoms with Crippen molar-refractivity contribution >= 4 is 5.97 Å². The second kappa shape index (κ2) is 5.90. The molecule has 14 heavy (non-hydrogen) atoms. The number of rotatable bonds is 5. The monoisotopic (exact) mass is 195 g/mol. The van der Waals surface area contributed by atoms with Crippen LogP contribution < -0.4 is 4.74 Å². The molecule has 0 aliphatic heterocycles. The molecule has 1 radical (unpaired) electrons. The lowest BCUT2D eigenvalue weighted by Gasteiger charge is -2.03. The summed E-state index contributed by atoms with van der Waals surface area (Å²) in [6.07, 6.45) is 4.12. The minimum absolute atomic E-state index is 0.220. The summed E-state index contributed by atoms with van der Waals surface area (Å²) < 4.78 is 9.86. The highest BCUT2D eigenvalue weighted by molar-refractivity contribution is 5.69. The summed E-state index contributed by atoms with van der Waals surface area (Å²) in [5, 5.41) is 0. The fraction of sp³-hybridized carbons (Fsp3) is 0.444. The van der Waals surface area contributed by atoms with Crippen LogP contribution in [0.1, 0.15) is 13.3 Å². The van der Waals surface area contributed by atoms with Gasteiger partial charge in [0, 0.05) is 6.07 Å². The minimum atomic E-state index is -0.273. The van der Waals surface area contributed by atoms with Gasteiger partial charge in [-0.3, -0.25) is 4.79 Å². The summed E-state index contributed by atoms with van der Waals surface area (Å²) in [7, 11) is 0. The molecule has 5 nitrogen and oxygen atoms in total. The molecule has 5 heteroatoms. The Morgan fingerprint density at radius 2 is 2.50 bits per heavy atom. The number of carbonyl (C=O) groups is 1. The van der Waals surface area contributed by atoms with Crippen molar-refractivity contribution in [2.45, 2.75) is 13.3 Å². The predicted octanol–water partition coefficient (Wildman–Crippen LogP) is 0.609. The molecule has 0 aromatic carbocycles. The topological polar surface area (TPSA) is 61.3 Å². The van der Waals surface area contributed by atoms with E-state index in [2.05, 4.69) is 16.2 Å². The molecular weight excluding hydrogens is 184 g/mol. The summed E-state index contributed by atoms with van der Waals surface area (Å²) >= 11 is 0. The normalized spacial score (nSPS) is 9.50. The van der Waals surface area contributed by atoms with Crippen LogP contribution in [0.5, 0.6) is 5.88 Å². The zero-order chi connectivity index (χ0) is 10.2. The number of hydrogen-bond donors (Lipinski definition) is 0. The second-order valence-electron chi connectivity index (χ2n) is 2.39. The second-order valence-corrected chi connectivity index (χ2v) is 2.39. The molecule has 1 aromatic rings. The van der Waals surface area contributed by atoms with Crippen molar-refractivity contribution in [2.24, 2.45) is 0 Å². The van der Waals surface area contributed by atoms with Crippen LogP contribution in [0.4, 0.5) is 0 Å². The lowest BCUT2D eigenvalue weighted by Crippen LogP contribution is -2.09. The summed E-state index contributed by atoms with van der Waals surface area (Å²) in [5.74, 6) is 0.134. The molecule has 0 saturated carbocycles. The first-order valence-electron chi connectivity index (χ1n) is 4.29. The maximum atomic E-state index is 10.9. The molecule has 0 unspecified atom stereocenters. The standard InChI is InChI=1S/C9H11N2O3/c1-2-13-9(12)4-6-14-8-3-5-10-7-11-8/h3,7H,2,4,6H2,1H3. The van der Waals surface area contributed by atoms with Crippen molar-refractivity contribution < 1.29 is 14.3 Å². The lowest BCUT2D eigenvalue weighted by atomic mass is 10.5.